The Kier molecular flexibility index (Phi) is 8.81. The molecule has 0 aliphatic carbocycles. The monoisotopic (exact) mass is 590 g/mol. The third-order valence-electron chi connectivity index (χ3n) is 7.36. The van der Waals surface area contributed by atoms with Crippen molar-refractivity contribution in [1.29, 1.82) is 0 Å². The van der Waals surface area contributed by atoms with Crippen molar-refractivity contribution in [2.24, 2.45) is 0 Å². The number of benzene rings is 2. The number of piperidine rings is 1. The number of anilines is 3. The van der Waals surface area contributed by atoms with Crippen molar-refractivity contribution in [3.05, 3.63) is 80.3 Å². The minimum atomic E-state index is -0.350. The van der Waals surface area contributed by atoms with E-state index in [0.29, 0.717) is 44.2 Å². The van der Waals surface area contributed by atoms with E-state index in [9.17, 15) is 4.79 Å². The first-order valence-electron chi connectivity index (χ1n) is 13.4. The molecule has 212 valence electrons. The minimum Gasteiger partial charge on any atom is -0.372 e. The number of pyridine rings is 1. The molecule has 1 aliphatic heterocycles. The first kappa shape index (κ1) is 28.9. The summed E-state index contributed by atoms with van der Waals surface area (Å²) in [5.41, 5.74) is 4.24. The third kappa shape index (κ3) is 6.19. The summed E-state index contributed by atoms with van der Waals surface area (Å²) in [5, 5.41) is 4.28. The van der Waals surface area contributed by atoms with Crippen molar-refractivity contribution in [3.8, 4) is 17.5 Å². The van der Waals surface area contributed by atoms with Gasteiger partial charge in [0, 0.05) is 50.0 Å². The molecule has 0 unspecified atom stereocenters. The highest BCUT2D eigenvalue weighted by molar-refractivity contribution is 6.37. The fraction of sp³-hybridized carbons (Fsp3) is 0.323. The molecule has 1 aliphatic rings. The predicted octanol–water partition coefficient (Wildman–Crippen LogP) is 5.67. The fourth-order valence-electron chi connectivity index (χ4n) is 5.20. The van der Waals surface area contributed by atoms with Crippen LogP contribution in [-0.4, -0.2) is 66.4 Å². The van der Waals surface area contributed by atoms with Gasteiger partial charge in [-0.2, -0.15) is 0 Å². The normalized spacial score (nSPS) is 13.9. The summed E-state index contributed by atoms with van der Waals surface area (Å²) in [7, 11) is 5.88. The number of nitrogens with one attached hydrogen (secondary N) is 1. The van der Waals surface area contributed by atoms with Gasteiger partial charge in [0.05, 0.1) is 32.2 Å². The van der Waals surface area contributed by atoms with Crippen LogP contribution in [0.5, 0.6) is 0 Å². The summed E-state index contributed by atoms with van der Waals surface area (Å²) in [6.45, 7) is 4.41. The van der Waals surface area contributed by atoms with Crippen molar-refractivity contribution in [1.82, 2.24) is 19.4 Å². The maximum Gasteiger partial charge on any atom is 0.266 e. The van der Waals surface area contributed by atoms with E-state index in [-0.39, 0.29) is 12.2 Å². The second-order valence-electron chi connectivity index (χ2n) is 10.3. The Hall–Kier alpha value is -3.61. The highest BCUT2D eigenvalue weighted by atomic mass is 35.5. The maximum atomic E-state index is 13.5. The van der Waals surface area contributed by atoms with E-state index in [1.54, 1.807) is 31.5 Å². The molecule has 0 bridgehead atoms. The number of methoxy groups -OCH3 is 1. The van der Waals surface area contributed by atoms with Crippen LogP contribution in [-0.2, 0) is 4.74 Å². The number of aryl methyl sites for hydroxylation is 1. The summed E-state index contributed by atoms with van der Waals surface area (Å²) < 4.78 is 6.49. The Labute approximate surface area is 249 Å². The molecule has 0 atom stereocenters. The summed E-state index contributed by atoms with van der Waals surface area (Å²) in [6, 6.07) is 12.0. The molecule has 2 aromatic carbocycles. The second kappa shape index (κ2) is 12.5. The number of para-hydroxylation sites is 1. The Balaban J connectivity index is 1.48. The highest BCUT2D eigenvalue weighted by Crippen LogP contribution is 2.30. The summed E-state index contributed by atoms with van der Waals surface area (Å²) >= 11 is 12.9. The molecule has 2 aromatic heterocycles. The largest absolute Gasteiger partial charge is 0.372 e. The van der Waals surface area contributed by atoms with Crippen LogP contribution in [0.4, 0.5) is 17.3 Å². The van der Waals surface area contributed by atoms with Crippen LogP contribution in [0.15, 0.2) is 53.6 Å². The van der Waals surface area contributed by atoms with Crippen LogP contribution < -0.4 is 15.8 Å². The van der Waals surface area contributed by atoms with Gasteiger partial charge < -0.3 is 19.9 Å². The predicted molar refractivity (Wildman–Crippen MR) is 167 cm³/mol. The van der Waals surface area contributed by atoms with E-state index in [1.165, 1.54) is 22.0 Å². The average molecular weight is 592 g/mol. The van der Waals surface area contributed by atoms with Crippen LogP contribution in [0.1, 0.15) is 24.0 Å². The SMILES string of the molecule is COCC#Cc1cn(-c2c(Cl)cccc2Cl)c(=O)c2cnc(Nc3ccc(N4CCC(N(C)C)CC4)c(C)c3)nc12. The number of aromatic nitrogens is 3. The van der Waals surface area contributed by atoms with Gasteiger partial charge in [0.2, 0.25) is 5.95 Å². The van der Waals surface area contributed by atoms with Crippen molar-refractivity contribution < 1.29 is 4.74 Å². The molecule has 41 heavy (non-hydrogen) atoms. The molecule has 10 heteroatoms. The van der Waals surface area contributed by atoms with Crippen LogP contribution in [0.3, 0.4) is 0 Å². The molecule has 8 nitrogen and oxygen atoms in total. The Bertz CT molecular complexity index is 1680. The van der Waals surface area contributed by atoms with Gasteiger partial charge in [-0.1, -0.05) is 41.1 Å². The van der Waals surface area contributed by atoms with Gasteiger partial charge >= 0.3 is 0 Å². The molecular formula is C31H32Cl2N6O2. The number of hydrogen-bond acceptors (Lipinski definition) is 7. The van der Waals surface area contributed by atoms with E-state index < -0.39 is 0 Å². The zero-order chi connectivity index (χ0) is 29.1. The van der Waals surface area contributed by atoms with Crippen LogP contribution in [0.25, 0.3) is 16.6 Å². The first-order valence-corrected chi connectivity index (χ1v) is 14.2. The number of rotatable bonds is 6. The van der Waals surface area contributed by atoms with Gasteiger partial charge in [-0.05, 0) is 69.8 Å². The molecule has 3 heterocycles. The van der Waals surface area contributed by atoms with E-state index in [4.69, 9.17) is 32.9 Å². The first-order chi connectivity index (χ1) is 19.8. The van der Waals surface area contributed by atoms with E-state index in [1.807, 2.05) is 6.07 Å². The van der Waals surface area contributed by atoms with Crippen molar-refractivity contribution in [3.63, 3.8) is 0 Å². The topological polar surface area (TPSA) is 75.5 Å². The highest BCUT2D eigenvalue weighted by Gasteiger charge is 2.22. The lowest BCUT2D eigenvalue weighted by atomic mass is 10.0. The van der Waals surface area contributed by atoms with E-state index in [0.717, 1.165) is 31.6 Å². The lowest BCUT2D eigenvalue weighted by Gasteiger charge is -2.37. The lowest BCUT2D eigenvalue weighted by molar-refractivity contribution is 0.240. The Morgan fingerprint density at radius 2 is 1.88 bits per heavy atom. The van der Waals surface area contributed by atoms with Crippen LogP contribution >= 0.6 is 23.2 Å². The number of hydrogen-bond donors (Lipinski definition) is 1. The summed E-state index contributed by atoms with van der Waals surface area (Å²) in [4.78, 5) is 27.5. The molecular weight excluding hydrogens is 559 g/mol. The zero-order valence-corrected chi connectivity index (χ0v) is 25.1. The molecule has 0 saturated carbocycles. The van der Waals surface area contributed by atoms with E-state index >= 15 is 0 Å². The van der Waals surface area contributed by atoms with Gasteiger partial charge in [0.25, 0.3) is 5.56 Å². The minimum absolute atomic E-state index is 0.224. The molecule has 5 rings (SSSR count). The maximum absolute atomic E-state index is 13.5. The lowest BCUT2D eigenvalue weighted by Crippen LogP contribution is -2.42. The Morgan fingerprint density at radius 1 is 1.15 bits per heavy atom. The molecule has 1 fully saturated rings. The molecule has 0 radical (unpaired) electrons. The van der Waals surface area contributed by atoms with Gasteiger partial charge in [0.15, 0.2) is 0 Å². The second-order valence-corrected chi connectivity index (χ2v) is 11.1. The number of halogens is 2. The molecule has 0 amide bonds. The van der Waals surface area contributed by atoms with Crippen molar-refractivity contribution in [2.75, 3.05) is 51.1 Å². The summed E-state index contributed by atoms with van der Waals surface area (Å²) in [5.74, 6) is 6.38. The molecule has 4 aromatic rings. The standard InChI is InChI=1S/C31H32Cl2N6O2/c1-20-17-22(10-11-27(20)38-14-12-23(13-15-38)37(2)3)35-31-34-18-24-28(36-31)21(7-6-16-41-4)19-39(30(24)40)29-25(32)8-5-9-26(29)33/h5,8-11,17-19,23H,12-16H2,1-4H3,(H,34,35,36). The van der Waals surface area contributed by atoms with Crippen molar-refractivity contribution in [2.45, 2.75) is 25.8 Å². The number of nitrogens with zero attached hydrogens (tertiary/aromatic N) is 5. The molecule has 1 N–H and O–H groups in total. The molecule has 1 saturated heterocycles. The zero-order valence-electron chi connectivity index (χ0n) is 23.5. The van der Waals surface area contributed by atoms with Crippen molar-refractivity contribution >= 4 is 51.4 Å². The number of fused-ring (bicyclic) bond motifs is 1. The van der Waals surface area contributed by atoms with Crippen LogP contribution in [0.2, 0.25) is 10.0 Å². The number of ether oxygens (including phenoxy) is 1. The van der Waals surface area contributed by atoms with Crippen LogP contribution in [0, 0.1) is 18.8 Å². The van der Waals surface area contributed by atoms with Gasteiger partial charge in [-0.3, -0.25) is 9.36 Å². The smallest absolute Gasteiger partial charge is 0.266 e. The summed E-state index contributed by atoms with van der Waals surface area (Å²) in [6.07, 6.45) is 5.41. The quantitative estimate of drug-likeness (QED) is 0.290. The van der Waals surface area contributed by atoms with Gasteiger partial charge in [-0.25, -0.2) is 9.97 Å². The van der Waals surface area contributed by atoms with Gasteiger partial charge in [0.1, 0.15) is 6.61 Å². The van der Waals surface area contributed by atoms with Gasteiger partial charge in [-0.15, -0.1) is 0 Å². The Morgan fingerprint density at radius 3 is 2.54 bits per heavy atom. The van der Waals surface area contributed by atoms with E-state index in [2.05, 4.69) is 65.1 Å². The third-order valence-corrected chi connectivity index (χ3v) is 7.97. The molecule has 0 spiro atoms. The fourth-order valence-corrected chi connectivity index (χ4v) is 5.78. The average Bonchev–Trinajstić information content (AvgIpc) is 2.95.